The maximum Gasteiger partial charge on any atom is 0.224 e. The second kappa shape index (κ2) is 8.19. The van der Waals surface area contributed by atoms with E-state index in [1.807, 2.05) is 23.1 Å². The number of nitrogens with one attached hydrogen (secondary N) is 1. The summed E-state index contributed by atoms with van der Waals surface area (Å²) in [7, 11) is 0. The van der Waals surface area contributed by atoms with Gasteiger partial charge < -0.3 is 14.8 Å². The second-order valence-corrected chi connectivity index (χ2v) is 8.27. The Morgan fingerprint density at radius 1 is 1.18 bits per heavy atom. The molecular weight excluding hydrogens is 370 g/mol. The van der Waals surface area contributed by atoms with Crippen LogP contribution in [-0.2, 0) is 29.1 Å². The Labute approximate surface area is 169 Å². The molecule has 5 nitrogen and oxygen atoms in total. The summed E-state index contributed by atoms with van der Waals surface area (Å²) in [4.78, 5) is 28.0. The van der Waals surface area contributed by atoms with Crippen molar-refractivity contribution in [3.63, 3.8) is 0 Å². The van der Waals surface area contributed by atoms with Gasteiger partial charge in [0, 0.05) is 60.1 Å². The quantitative estimate of drug-likeness (QED) is 0.672. The highest BCUT2D eigenvalue weighted by atomic mass is 32.1. The number of carbonyl (C=O) groups excluding carboxylic acids is 2. The molecule has 0 radical (unpaired) electrons. The lowest BCUT2D eigenvalue weighted by Gasteiger charge is -2.27. The first-order chi connectivity index (χ1) is 13.6. The van der Waals surface area contributed by atoms with E-state index in [1.165, 1.54) is 16.0 Å². The number of aromatic nitrogens is 1. The highest BCUT2D eigenvalue weighted by molar-refractivity contribution is 7.10. The van der Waals surface area contributed by atoms with Gasteiger partial charge >= 0.3 is 0 Å². The van der Waals surface area contributed by atoms with Crippen molar-refractivity contribution >= 4 is 39.7 Å². The second-order valence-electron chi connectivity index (χ2n) is 7.27. The Bertz CT molecular complexity index is 1000. The molecule has 0 aliphatic carbocycles. The molecule has 6 heteroatoms. The van der Waals surface area contributed by atoms with Crippen LogP contribution >= 0.6 is 11.3 Å². The number of hydrogen-bond acceptors (Lipinski definition) is 3. The number of rotatable bonds is 6. The topological polar surface area (TPSA) is 54.3 Å². The summed E-state index contributed by atoms with van der Waals surface area (Å²) < 4.78 is 2.22. The Morgan fingerprint density at radius 3 is 2.93 bits per heavy atom. The molecule has 146 valence electrons. The van der Waals surface area contributed by atoms with Crippen LogP contribution in [0, 0.1) is 0 Å². The van der Waals surface area contributed by atoms with Gasteiger partial charge in [-0.1, -0.05) is 6.92 Å². The van der Waals surface area contributed by atoms with Crippen molar-refractivity contribution in [1.29, 1.82) is 0 Å². The SMILES string of the molecule is CCCn1ccc2cc(NC(=O)CCC(=O)N3CCc4sccc4C3)ccc21. The lowest BCUT2D eigenvalue weighted by atomic mass is 10.1. The summed E-state index contributed by atoms with van der Waals surface area (Å²) >= 11 is 1.76. The molecule has 28 heavy (non-hydrogen) atoms. The van der Waals surface area contributed by atoms with Crippen LogP contribution in [0.4, 0.5) is 5.69 Å². The van der Waals surface area contributed by atoms with Crippen LogP contribution in [0.1, 0.15) is 36.6 Å². The summed E-state index contributed by atoms with van der Waals surface area (Å²) in [5.74, 6) is -0.0620. The molecule has 3 aromatic rings. The van der Waals surface area contributed by atoms with Gasteiger partial charge in [0.25, 0.3) is 0 Å². The first-order valence-corrected chi connectivity index (χ1v) is 10.7. The van der Waals surface area contributed by atoms with Gasteiger partial charge in [0.2, 0.25) is 11.8 Å². The minimum absolute atomic E-state index is 0.0547. The van der Waals surface area contributed by atoms with Crippen molar-refractivity contribution in [3.8, 4) is 0 Å². The van der Waals surface area contributed by atoms with Gasteiger partial charge in [-0.2, -0.15) is 0 Å². The average Bonchev–Trinajstić information content (AvgIpc) is 3.32. The largest absolute Gasteiger partial charge is 0.347 e. The number of aryl methyl sites for hydroxylation is 1. The number of carbonyl (C=O) groups is 2. The summed E-state index contributed by atoms with van der Waals surface area (Å²) in [5, 5.41) is 6.12. The molecule has 0 fully saturated rings. The van der Waals surface area contributed by atoms with Crippen LogP contribution in [-0.4, -0.2) is 27.8 Å². The predicted octanol–water partition coefficient (Wildman–Crippen LogP) is 4.42. The number of benzene rings is 1. The molecule has 4 rings (SSSR count). The van der Waals surface area contributed by atoms with E-state index >= 15 is 0 Å². The van der Waals surface area contributed by atoms with Crippen LogP contribution in [0.3, 0.4) is 0 Å². The van der Waals surface area contributed by atoms with Crippen LogP contribution < -0.4 is 5.32 Å². The Hall–Kier alpha value is -2.60. The molecule has 1 aliphatic heterocycles. The molecule has 0 atom stereocenters. The minimum atomic E-state index is -0.117. The lowest BCUT2D eigenvalue weighted by molar-refractivity contribution is -0.133. The number of hydrogen-bond donors (Lipinski definition) is 1. The van der Waals surface area contributed by atoms with Crippen molar-refractivity contribution in [2.45, 2.75) is 45.7 Å². The zero-order chi connectivity index (χ0) is 19.5. The van der Waals surface area contributed by atoms with Gasteiger partial charge in [0.1, 0.15) is 0 Å². The van der Waals surface area contributed by atoms with E-state index < -0.39 is 0 Å². The minimum Gasteiger partial charge on any atom is -0.347 e. The standard InChI is InChI=1S/C22H25N3O2S/c1-2-10-24-11-7-16-14-18(3-4-19(16)24)23-21(26)5-6-22(27)25-12-8-20-17(15-25)9-13-28-20/h3-4,7,9,11,13-14H,2,5-6,8,10,12,15H2,1H3,(H,23,26). The zero-order valence-electron chi connectivity index (χ0n) is 16.1. The summed E-state index contributed by atoms with van der Waals surface area (Å²) in [6, 6.07) is 10.1. The fourth-order valence-electron chi connectivity index (χ4n) is 3.78. The molecule has 0 saturated carbocycles. The van der Waals surface area contributed by atoms with E-state index in [-0.39, 0.29) is 24.7 Å². The highest BCUT2D eigenvalue weighted by Crippen LogP contribution is 2.25. The molecule has 1 aromatic carbocycles. The van der Waals surface area contributed by atoms with E-state index in [1.54, 1.807) is 11.3 Å². The monoisotopic (exact) mass is 395 g/mol. The highest BCUT2D eigenvalue weighted by Gasteiger charge is 2.21. The third-order valence-corrected chi connectivity index (χ3v) is 6.27. The number of thiophene rings is 1. The van der Waals surface area contributed by atoms with E-state index in [0.29, 0.717) is 6.54 Å². The lowest BCUT2D eigenvalue weighted by Crippen LogP contribution is -2.35. The fourth-order valence-corrected chi connectivity index (χ4v) is 4.67. The summed E-state index contributed by atoms with van der Waals surface area (Å²) in [6.07, 6.45) is 4.54. The Balaban J connectivity index is 1.31. The molecule has 1 aliphatic rings. The third kappa shape index (κ3) is 3.97. The van der Waals surface area contributed by atoms with Gasteiger partial charge in [-0.3, -0.25) is 9.59 Å². The van der Waals surface area contributed by atoms with Crippen LogP contribution in [0.5, 0.6) is 0 Å². The van der Waals surface area contributed by atoms with Crippen molar-refractivity contribution in [1.82, 2.24) is 9.47 Å². The maximum atomic E-state index is 12.5. The predicted molar refractivity (Wildman–Crippen MR) is 114 cm³/mol. The van der Waals surface area contributed by atoms with Crippen LogP contribution in [0.15, 0.2) is 41.9 Å². The van der Waals surface area contributed by atoms with Crippen LogP contribution in [0.25, 0.3) is 10.9 Å². The third-order valence-electron chi connectivity index (χ3n) is 5.25. The molecule has 2 amide bonds. The van der Waals surface area contributed by atoms with E-state index in [9.17, 15) is 9.59 Å². The van der Waals surface area contributed by atoms with Crippen molar-refractivity contribution < 1.29 is 9.59 Å². The molecule has 2 aromatic heterocycles. The number of amides is 2. The van der Waals surface area contributed by atoms with Gasteiger partial charge in [0.05, 0.1) is 0 Å². The maximum absolute atomic E-state index is 12.5. The molecule has 0 unspecified atom stereocenters. The van der Waals surface area contributed by atoms with Gasteiger partial charge in [0.15, 0.2) is 0 Å². The van der Waals surface area contributed by atoms with Crippen LogP contribution in [0.2, 0.25) is 0 Å². The van der Waals surface area contributed by atoms with E-state index in [4.69, 9.17) is 0 Å². The number of nitrogens with zero attached hydrogens (tertiary/aromatic N) is 2. The molecule has 0 spiro atoms. The fraction of sp³-hybridized carbons (Fsp3) is 0.364. The first-order valence-electron chi connectivity index (χ1n) is 9.86. The molecule has 0 saturated heterocycles. The van der Waals surface area contributed by atoms with Crippen molar-refractivity contribution in [3.05, 3.63) is 52.3 Å². The Morgan fingerprint density at radius 2 is 2.07 bits per heavy atom. The van der Waals surface area contributed by atoms with Gasteiger partial charge in [-0.25, -0.2) is 0 Å². The van der Waals surface area contributed by atoms with Crippen molar-refractivity contribution in [2.75, 3.05) is 11.9 Å². The summed E-state index contributed by atoms with van der Waals surface area (Å²) in [5.41, 5.74) is 3.20. The molecule has 1 N–H and O–H groups in total. The number of anilines is 1. The summed E-state index contributed by atoms with van der Waals surface area (Å²) in [6.45, 7) is 4.57. The smallest absolute Gasteiger partial charge is 0.224 e. The first kappa shape index (κ1) is 18.7. The molecular formula is C22H25N3O2S. The van der Waals surface area contributed by atoms with Gasteiger partial charge in [-0.05, 0) is 54.1 Å². The number of fused-ring (bicyclic) bond motifs is 2. The van der Waals surface area contributed by atoms with E-state index in [0.717, 1.165) is 37.0 Å². The molecule has 0 bridgehead atoms. The Kier molecular flexibility index (Phi) is 5.48. The zero-order valence-corrected chi connectivity index (χ0v) is 16.9. The van der Waals surface area contributed by atoms with E-state index in [2.05, 4.69) is 40.5 Å². The van der Waals surface area contributed by atoms with Gasteiger partial charge in [-0.15, -0.1) is 11.3 Å². The normalized spacial score (nSPS) is 13.5. The van der Waals surface area contributed by atoms with Crippen molar-refractivity contribution in [2.24, 2.45) is 0 Å². The molecule has 3 heterocycles. The average molecular weight is 396 g/mol.